The van der Waals surface area contributed by atoms with Gasteiger partial charge >= 0.3 is 0 Å². The van der Waals surface area contributed by atoms with Crippen molar-refractivity contribution in [2.75, 3.05) is 13.7 Å². The van der Waals surface area contributed by atoms with Crippen LogP contribution in [0, 0.1) is 5.92 Å². The highest BCUT2D eigenvalue weighted by atomic mass is 16.5. The van der Waals surface area contributed by atoms with Crippen molar-refractivity contribution in [2.24, 2.45) is 5.92 Å². The molecule has 2 rings (SSSR count). The lowest BCUT2D eigenvalue weighted by molar-refractivity contribution is 0.0751. The van der Waals surface area contributed by atoms with Gasteiger partial charge in [-0.2, -0.15) is 4.98 Å². The molecule has 1 aliphatic carbocycles. The topological polar surface area (TPSA) is 60.2 Å². The van der Waals surface area contributed by atoms with Gasteiger partial charge in [-0.15, -0.1) is 0 Å². The summed E-state index contributed by atoms with van der Waals surface area (Å²) in [7, 11) is 1.72. The molecule has 1 aromatic rings. The molecule has 5 nitrogen and oxygen atoms in total. The first-order chi connectivity index (χ1) is 9.21. The average molecular weight is 267 g/mol. The molecule has 1 saturated carbocycles. The van der Waals surface area contributed by atoms with E-state index in [1.807, 2.05) is 0 Å². The van der Waals surface area contributed by atoms with Crippen molar-refractivity contribution >= 4 is 0 Å². The van der Waals surface area contributed by atoms with Crippen LogP contribution in [0.2, 0.25) is 0 Å². The van der Waals surface area contributed by atoms with Crippen LogP contribution >= 0.6 is 0 Å². The third-order valence-corrected chi connectivity index (χ3v) is 3.90. The number of nitrogens with zero attached hydrogens (tertiary/aromatic N) is 2. The fourth-order valence-electron chi connectivity index (χ4n) is 2.63. The van der Waals surface area contributed by atoms with Crippen molar-refractivity contribution in [1.82, 2.24) is 15.5 Å². The van der Waals surface area contributed by atoms with E-state index < -0.39 is 0 Å². The van der Waals surface area contributed by atoms with Gasteiger partial charge in [-0.3, -0.25) is 0 Å². The zero-order valence-electron chi connectivity index (χ0n) is 12.3. The Morgan fingerprint density at radius 1 is 1.42 bits per heavy atom. The zero-order chi connectivity index (χ0) is 13.8. The van der Waals surface area contributed by atoms with Crippen LogP contribution in [0.15, 0.2) is 4.52 Å². The maximum Gasteiger partial charge on any atom is 0.231 e. The number of likely N-dealkylation sites (N-methyl/N-ethyl adjacent to an activating group) is 1. The van der Waals surface area contributed by atoms with Gasteiger partial charge in [0.2, 0.25) is 11.7 Å². The number of hydrogen-bond acceptors (Lipinski definition) is 5. The van der Waals surface area contributed by atoms with Gasteiger partial charge in [0.1, 0.15) is 6.10 Å². The Morgan fingerprint density at radius 3 is 2.68 bits per heavy atom. The Labute approximate surface area is 115 Å². The number of ether oxygens (including phenoxy) is 1. The van der Waals surface area contributed by atoms with E-state index in [9.17, 15) is 0 Å². The van der Waals surface area contributed by atoms with Crippen LogP contribution in [-0.4, -0.2) is 29.8 Å². The number of hydrogen-bond donors (Lipinski definition) is 1. The summed E-state index contributed by atoms with van der Waals surface area (Å²) < 4.78 is 11.0. The molecule has 1 aliphatic rings. The molecular formula is C14H25N3O2. The summed E-state index contributed by atoms with van der Waals surface area (Å²) in [5.41, 5.74) is 0. The van der Waals surface area contributed by atoms with Crippen LogP contribution < -0.4 is 5.32 Å². The summed E-state index contributed by atoms with van der Waals surface area (Å²) >= 11 is 0. The molecule has 1 fully saturated rings. The molecule has 3 atom stereocenters. The maximum atomic E-state index is 5.49. The van der Waals surface area contributed by atoms with Gasteiger partial charge in [0.25, 0.3) is 0 Å². The van der Waals surface area contributed by atoms with E-state index in [4.69, 9.17) is 9.26 Å². The molecule has 0 aromatic carbocycles. The monoisotopic (exact) mass is 267 g/mol. The normalized spacial score (nSPS) is 20.2. The molecule has 0 radical (unpaired) electrons. The molecule has 1 N–H and O–H groups in total. The minimum Gasteiger partial charge on any atom is -0.373 e. The summed E-state index contributed by atoms with van der Waals surface area (Å²) in [5.74, 6) is 2.27. The Balaban J connectivity index is 2.09. The van der Waals surface area contributed by atoms with Crippen LogP contribution in [0.25, 0.3) is 0 Å². The van der Waals surface area contributed by atoms with Crippen LogP contribution in [0.1, 0.15) is 63.8 Å². The quantitative estimate of drug-likeness (QED) is 0.784. The first-order valence-corrected chi connectivity index (χ1v) is 7.30. The molecule has 108 valence electrons. The first kappa shape index (κ1) is 14.5. The minimum absolute atomic E-state index is 0.00412. The van der Waals surface area contributed by atoms with E-state index in [0.29, 0.717) is 17.8 Å². The second-order valence-electron chi connectivity index (χ2n) is 5.35. The molecule has 5 heteroatoms. The first-order valence-electron chi connectivity index (χ1n) is 7.30. The Bertz CT molecular complexity index is 390. The van der Waals surface area contributed by atoms with Gasteiger partial charge in [0.05, 0.1) is 5.92 Å². The van der Waals surface area contributed by atoms with Crippen molar-refractivity contribution in [3.05, 3.63) is 11.7 Å². The lowest BCUT2D eigenvalue weighted by Gasteiger charge is -2.19. The molecule has 0 amide bonds. The molecule has 1 heterocycles. The summed E-state index contributed by atoms with van der Waals surface area (Å²) in [5, 5.41) is 7.54. The van der Waals surface area contributed by atoms with Crippen LogP contribution in [-0.2, 0) is 4.74 Å². The van der Waals surface area contributed by atoms with Gasteiger partial charge in [-0.05, 0) is 38.6 Å². The summed E-state index contributed by atoms with van der Waals surface area (Å²) in [4.78, 5) is 4.57. The maximum absolute atomic E-state index is 5.49. The largest absolute Gasteiger partial charge is 0.373 e. The average Bonchev–Trinajstić information content (AvgIpc) is 3.11. The SMILES string of the molecule is CCNC(C)C(CC)c1nc(C(OC)C2CC2)no1. The molecule has 0 aliphatic heterocycles. The number of rotatable bonds is 8. The summed E-state index contributed by atoms with van der Waals surface area (Å²) in [6.07, 6.45) is 3.39. The Kier molecular flexibility index (Phi) is 4.93. The summed E-state index contributed by atoms with van der Waals surface area (Å²) in [6, 6.07) is 0.338. The van der Waals surface area contributed by atoms with E-state index in [2.05, 4.69) is 36.2 Å². The van der Waals surface area contributed by atoms with Crippen molar-refractivity contribution in [2.45, 2.75) is 58.1 Å². The molecule has 0 bridgehead atoms. The van der Waals surface area contributed by atoms with E-state index >= 15 is 0 Å². The third kappa shape index (κ3) is 3.34. The van der Waals surface area contributed by atoms with E-state index in [0.717, 1.165) is 18.9 Å². The van der Waals surface area contributed by atoms with Gasteiger partial charge < -0.3 is 14.6 Å². The molecule has 1 aromatic heterocycles. The van der Waals surface area contributed by atoms with Crippen molar-refractivity contribution in [3.63, 3.8) is 0 Å². The van der Waals surface area contributed by atoms with Crippen molar-refractivity contribution in [3.8, 4) is 0 Å². The van der Waals surface area contributed by atoms with Crippen LogP contribution in [0.4, 0.5) is 0 Å². The van der Waals surface area contributed by atoms with Crippen molar-refractivity contribution in [1.29, 1.82) is 0 Å². The highest BCUT2D eigenvalue weighted by Gasteiger charge is 2.36. The fraction of sp³-hybridized carbons (Fsp3) is 0.857. The molecule has 19 heavy (non-hydrogen) atoms. The number of methoxy groups -OCH3 is 1. The van der Waals surface area contributed by atoms with Crippen molar-refractivity contribution < 1.29 is 9.26 Å². The summed E-state index contributed by atoms with van der Waals surface area (Å²) in [6.45, 7) is 7.37. The van der Waals surface area contributed by atoms with Gasteiger partial charge in [0, 0.05) is 13.2 Å². The second-order valence-corrected chi connectivity index (χ2v) is 5.35. The molecule has 0 spiro atoms. The zero-order valence-corrected chi connectivity index (χ0v) is 12.3. The van der Waals surface area contributed by atoms with E-state index in [-0.39, 0.29) is 12.0 Å². The van der Waals surface area contributed by atoms with Gasteiger partial charge in [-0.25, -0.2) is 0 Å². The van der Waals surface area contributed by atoms with Crippen LogP contribution in [0.3, 0.4) is 0 Å². The predicted octanol–water partition coefficient (Wildman–Crippen LogP) is 2.66. The van der Waals surface area contributed by atoms with E-state index in [1.165, 1.54) is 12.8 Å². The Hall–Kier alpha value is -0.940. The smallest absolute Gasteiger partial charge is 0.231 e. The highest BCUT2D eigenvalue weighted by molar-refractivity contribution is 5.02. The molecular weight excluding hydrogens is 242 g/mol. The third-order valence-electron chi connectivity index (χ3n) is 3.90. The lowest BCUT2D eigenvalue weighted by Crippen LogP contribution is -2.31. The van der Waals surface area contributed by atoms with Gasteiger partial charge in [-0.1, -0.05) is 19.0 Å². The van der Waals surface area contributed by atoms with Crippen LogP contribution in [0.5, 0.6) is 0 Å². The molecule has 3 unspecified atom stereocenters. The lowest BCUT2D eigenvalue weighted by atomic mass is 9.98. The second kappa shape index (κ2) is 6.48. The number of nitrogens with one attached hydrogen (secondary N) is 1. The van der Waals surface area contributed by atoms with E-state index in [1.54, 1.807) is 7.11 Å². The molecule has 0 saturated heterocycles. The fourth-order valence-corrected chi connectivity index (χ4v) is 2.63. The predicted molar refractivity (Wildman–Crippen MR) is 72.9 cm³/mol. The highest BCUT2D eigenvalue weighted by Crippen LogP contribution is 2.42. The minimum atomic E-state index is 0.00412. The van der Waals surface area contributed by atoms with Gasteiger partial charge in [0.15, 0.2) is 0 Å². The number of aromatic nitrogens is 2. The standard InChI is InChI=1S/C14H25N3O2/c1-5-11(9(3)15-6-2)14-16-13(17-19-14)12(18-4)10-7-8-10/h9-12,15H,5-8H2,1-4H3. The Morgan fingerprint density at radius 2 is 2.16 bits per heavy atom.